The molecule has 0 rings (SSSR count). The summed E-state index contributed by atoms with van der Waals surface area (Å²) < 4.78 is 0. The number of carboxylic acids is 1. The Balaban J connectivity index is 4.00. The highest BCUT2D eigenvalue weighted by Crippen LogP contribution is 2.04. The van der Waals surface area contributed by atoms with Gasteiger partial charge in [-0.15, -0.1) is 0 Å². The molecule has 0 aliphatic carbocycles. The minimum absolute atomic E-state index is 0.183. The number of rotatable bonds is 7. The molecular weight excluding hydrogens is 206 g/mol. The van der Waals surface area contributed by atoms with Crippen molar-refractivity contribution in [2.75, 3.05) is 6.54 Å². The van der Waals surface area contributed by atoms with Crippen LogP contribution >= 0.6 is 0 Å². The summed E-state index contributed by atoms with van der Waals surface area (Å²) in [4.78, 5) is 22.0. The molecule has 2 N–H and O–H groups in total. The van der Waals surface area contributed by atoms with Crippen molar-refractivity contribution in [2.24, 2.45) is 5.92 Å². The average Bonchev–Trinajstić information content (AvgIpc) is 2.24. The molecule has 0 saturated carbocycles. The molecule has 0 fully saturated rings. The SMILES string of the molecule is CC=CC=CC(=O)NCC(CCC)C(=O)O. The first-order valence-corrected chi connectivity index (χ1v) is 5.41. The number of carbonyl (C=O) groups is 2. The van der Waals surface area contributed by atoms with Gasteiger partial charge in [0.25, 0.3) is 0 Å². The third-order valence-electron chi connectivity index (χ3n) is 2.06. The molecule has 0 bridgehead atoms. The first-order valence-electron chi connectivity index (χ1n) is 5.41. The zero-order valence-corrected chi connectivity index (χ0v) is 9.77. The van der Waals surface area contributed by atoms with Crippen LogP contribution in [0.1, 0.15) is 26.7 Å². The van der Waals surface area contributed by atoms with E-state index in [9.17, 15) is 9.59 Å². The smallest absolute Gasteiger partial charge is 0.308 e. The fourth-order valence-corrected chi connectivity index (χ4v) is 1.20. The Hall–Kier alpha value is -1.58. The lowest BCUT2D eigenvalue weighted by Gasteiger charge is -2.10. The molecular formula is C12H19NO3. The highest BCUT2D eigenvalue weighted by molar-refractivity contribution is 5.88. The number of hydrogen-bond acceptors (Lipinski definition) is 2. The molecule has 1 atom stereocenters. The second-order valence-electron chi connectivity index (χ2n) is 3.45. The summed E-state index contributed by atoms with van der Waals surface area (Å²) in [5, 5.41) is 11.4. The maximum absolute atomic E-state index is 11.2. The van der Waals surface area contributed by atoms with Gasteiger partial charge in [0.1, 0.15) is 0 Å². The topological polar surface area (TPSA) is 66.4 Å². The van der Waals surface area contributed by atoms with Crippen LogP contribution in [0.4, 0.5) is 0 Å². The van der Waals surface area contributed by atoms with E-state index in [1.807, 2.05) is 13.8 Å². The molecule has 1 amide bonds. The molecule has 0 aliphatic heterocycles. The predicted molar refractivity (Wildman–Crippen MR) is 63.0 cm³/mol. The van der Waals surface area contributed by atoms with Crippen LogP contribution in [0, 0.1) is 5.92 Å². The van der Waals surface area contributed by atoms with Crippen molar-refractivity contribution in [2.45, 2.75) is 26.7 Å². The summed E-state index contributed by atoms with van der Waals surface area (Å²) >= 11 is 0. The lowest BCUT2D eigenvalue weighted by Crippen LogP contribution is -2.31. The van der Waals surface area contributed by atoms with Gasteiger partial charge in [-0.1, -0.05) is 31.6 Å². The van der Waals surface area contributed by atoms with Crippen LogP contribution in [0.5, 0.6) is 0 Å². The van der Waals surface area contributed by atoms with E-state index in [1.54, 1.807) is 18.2 Å². The average molecular weight is 225 g/mol. The van der Waals surface area contributed by atoms with E-state index in [2.05, 4.69) is 5.32 Å². The zero-order chi connectivity index (χ0) is 12.4. The van der Waals surface area contributed by atoms with E-state index in [0.717, 1.165) is 6.42 Å². The molecule has 4 nitrogen and oxygen atoms in total. The summed E-state index contributed by atoms with van der Waals surface area (Å²) in [6.45, 7) is 3.95. The van der Waals surface area contributed by atoms with Crippen molar-refractivity contribution in [3.8, 4) is 0 Å². The van der Waals surface area contributed by atoms with Gasteiger partial charge >= 0.3 is 5.97 Å². The summed E-state index contributed by atoms with van der Waals surface area (Å²) in [5.74, 6) is -1.62. The Labute approximate surface area is 96.0 Å². The van der Waals surface area contributed by atoms with Gasteiger partial charge in [-0.05, 0) is 13.3 Å². The molecule has 90 valence electrons. The number of carbonyl (C=O) groups excluding carboxylic acids is 1. The van der Waals surface area contributed by atoms with Crippen LogP contribution < -0.4 is 5.32 Å². The maximum atomic E-state index is 11.2. The van der Waals surface area contributed by atoms with Crippen molar-refractivity contribution in [1.82, 2.24) is 5.32 Å². The molecule has 1 unspecified atom stereocenters. The van der Waals surface area contributed by atoms with E-state index in [-0.39, 0.29) is 12.5 Å². The number of hydrogen-bond donors (Lipinski definition) is 2. The third-order valence-corrected chi connectivity index (χ3v) is 2.06. The van der Waals surface area contributed by atoms with E-state index in [0.29, 0.717) is 6.42 Å². The van der Waals surface area contributed by atoms with Crippen LogP contribution in [0.15, 0.2) is 24.3 Å². The molecule has 4 heteroatoms. The molecule has 0 aromatic rings. The first kappa shape index (κ1) is 14.4. The molecule has 0 aromatic heterocycles. The van der Waals surface area contributed by atoms with Gasteiger partial charge in [0.05, 0.1) is 5.92 Å². The highest BCUT2D eigenvalue weighted by atomic mass is 16.4. The number of amides is 1. The Morgan fingerprint density at radius 2 is 2.06 bits per heavy atom. The molecule has 0 spiro atoms. The zero-order valence-electron chi connectivity index (χ0n) is 9.77. The van der Waals surface area contributed by atoms with Crippen molar-refractivity contribution < 1.29 is 14.7 Å². The monoisotopic (exact) mass is 225 g/mol. The van der Waals surface area contributed by atoms with Gasteiger partial charge in [0, 0.05) is 12.6 Å². The summed E-state index contributed by atoms with van der Waals surface area (Å²) in [6, 6.07) is 0. The van der Waals surface area contributed by atoms with Crippen LogP contribution in [0.3, 0.4) is 0 Å². The Kier molecular flexibility index (Phi) is 7.85. The minimum Gasteiger partial charge on any atom is -0.481 e. The maximum Gasteiger partial charge on any atom is 0.308 e. The number of allylic oxidation sites excluding steroid dienone is 3. The number of aliphatic carboxylic acids is 1. The Morgan fingerprint density at radius 1 is 1.38 bits per heavy atom. The van der Waals surface area contributed by atoms with Gasteiger partial charge in [-0.3, -0.25) is 9.59 Å². The minimum atomic E-state index is -0.861. The molecule has 0 radical (unpaired) electrons. The summed E-state index contributed by atoms with van der Waals surface area (Å²) in [5.41, 5.74) is 0. The van der Waals surface area contributed by atoms with E-state index < -0.39 is 11.9 Å². The van der Waals surface area contributed by atoms with E-state index >= 15 is 0 Å². The second kappa shape index (κ2) is 8.71. The first-order chi connectivity index (χ1) is 7.61. The fraction of sp³-hybridized carbons (Fsp3) is 0.500. The normalized spacial score (nSPS) is 13.1. The van der Waals surface area contributed by atoms with Gasteiger partial charge in [-0.2, -0.15) is 0 Å². The van der Waals surface area contributed by atoms with Gasteiger partial charge in [0.15, 0.2) is 0 Å². The van der Waals surface area contributed by atoms with Crippen LogP contribution in [-0.2, 0) is 9.59 Å². The van der Waals surface area contributed by atoms with Crippen molar-refractivity contribution in [3.63, 3.8) is 0 Å². The van der Waals surface area contributed by atoms with Crippen LogP contribution in [0.2, 0.25) is 0 Å². The second-order valence-corrected chi connectivity index (χ2v) is 3.45. The molecule has 0 aromatic carbocycles. The standard InChI is InChI=1S/C12H19NO3/c1-3-5-6-8-11(14)13-9-10(7-4-2)12(15)16/h3,5-6,8,10H,4,7,9H2,1-2H3,(H,13,14)(H,15,16). The summed E-state index contributed by atoms with van der Waals surface area (Å²) in [7, 11) is 0. The lowest BCUT2D eigenvalue weighted by atomic mass is 10.0. The van der Waals surface area contributed by atoms with Crippen molar-refractivity contribution in [1.29, 1.82) is 0 Å². The van der Waals surface area contributed by atoms with E-state index in [1.165, 1.54) is 6.08 Å². The van der Waals surface area contributed by atoms with Crippen LogP contribution in [0.25, 0.3) is 0 Å². The Morgan fingerprint density at radius 3 is 2.56 bits per heavy atom. The van der Waals surface area contributed by atoms with Gasteiger partial charge in [-0.25, -0.2) is 0 Å². The van der Waals surface area contributed by atoms with Gasteiger partial charge < -0.3 is 10.4 Å². The number of nitrogens with one attached hydrogen (secondary N) is 1. The van der Waals surface area contributed by atoms with Crippen LogP contribution in [-0.4, -0.2) is 23.5 Å². The molecule has 0 heterocycles. The largest absolute Gasteiger partial charge is 0.481 e. The fourth-order valence-electron chi connectivity index (χ4n) is 1.20. The summed E-state index contributed by atoms with van der Waals surface area (Å²) in [6.07, 6.45) is 7.91. The van der Waals surface area contributed by atoms with Gasteiger partial charge in [0.2, 0.25) is 5.91 Å². The lowest BCUT2D eigenvalue weighted by molar-refractivity contribution is -0.141. The highest BCUT2D eigenvalue weighted by Gasteiger charge is 2.16. The quantitative estimate of drug-likeness (QED) is 0.512. The Bertz CT molecular complexity index is 282. The molecule has 0 aliphatic rings. The molecule has 0 saturated heterocycles. The van der Waals surface area contributed by atoms with E-state index in [4.69, 9.17) is 5.11 Å². The number of carboxylic acid groups (broad SMARTS) is 1. The third kappa shape index (κ3) is 6.81. The molecule has 16 heavy (non-hydrogen) atoms. The predicted octanol–water partition coefficient (Wildman–Crippen LogP) is 1.74. The van der Waals surface area contributed by atoms with Crippen molar-refractivity contribution >= 4 is 11.9 Å². The van der Waals surface area contributed by atoms with Crippen molar-refractivity contribution in [3.05, 3.63) is 24.3 Å².